The summed E-state index contributed by atoms with van der Waals surface area (Å²) in [7, 11) is 1.66. The molecule has 0 bridgehead atoms. The van der Waals surface area contributed by atoms with Gasteiger partial charge in [-0.1, -0.05) is 13.0 Å². The minimum atomic E-state index is -0.741. The molecule has 0 aliphatic carbocycles. The molecule has 1 heterocycles. The van der Waals surface area contributed by atoms with Crippen LogP contribution in [0.15, 0.2) is 18.2 Å². The van der Waals surface area contributed by atoms with Crippen LogP contribution in [0.2, 0.25) is 0 Å². The fraction of sp³-hybridized carbons (Fsp3) is 0.462. The number of carbonyl (C=O) groups is 1. The molecule has 1 aromatic carbocycles. The predicted octanol–water partition coefficient (Wildman–Crippen LogP) is 2.14. The smallest absolute Gasteiger partial charge is 0.306 e. The average molecular weight is 235 g/mol. The Balaban J connectivity index is 2.08. The van der Waals surface area contributed by atoms with E-state index in [0.29, 0.717) is 6.42 Å². The second-order valence-corrected chi connectivity index (χ2v) is 4.51. The first-order valence-electron chi connectivity index (χ1n) is 5.77. The van der Waals surface area contributed by atoms with E-state index in [9.17, 15) is 4.79 Å². The van der Waals surface area contributed by atoms with E-state index in [1.165, 1.54) is 0 Å². The van der Waals surface area contributed by atoms with E-state index < -0.39 is 5.97 Å². The zero-order valence-corrected chi connectivity index (χ0v) is 10.1. The van der Waals surface area contributed by atoms with E-state index in [2.05, 4.69) is 5.32 Å². The van der Waals surface area contributed by atoms with Crippen LogP contribution in [0.1, 0.15) is 18.9 Å². The van der Waals surface area contributed by atoms with Crippen molar-refractivity contribution < 1.29 is 14.6 Å². The van der Waals surface area contributed by atoms with Gasteiger partial charge in [-0.15, -0.1) is 0 Å². The normalized spacial score (nSPS) is 19.3. The lowest BCUT2D eigenvalue weighted by atomic mass is 9.99. The number of methoxy groups -OCH3 is 1. The Hall–Kier alpha value is -1.71. The third-order valence-corrected chi connectivity index (χ3v) is 3.22. The lowest BCUT2D eigenvalue weighted by molar-refractivity contribution is -0.141. The summed E-state index contributed by atoms with van der Waals surface area (Å²) in [6.07, 6.45) is 1.46. The van der Waals surface area contributed by atoms with Crippen molar-refractivity contribution in [3.8, 4) is 5.75 Å². The Labute approximate surface area is 101 Å². The summed E-state index contributed by atoms with van der Waals surface area (Å²) in [5.74, 6) is -0.192. The first kappa shape index (κ1) is 11.8. The molecule has 0 amide bonds. The maximum Gasteiger partial charge on any atom is 0.306 e. The van der Waals surface area contributed by atoms with E-state index in [1.807, 2.05) is 18.2 Å². The number of fused-ring (bicyclic) bond motifs is 1. The van der Waals surface area contributed by atoms with E-state index >= 15 is 0 Å². The number of anilines is 1. The Morgan fingerprint density at radius 1 is 1.65 bits per heavy atom. The lowest BCUT2D eigenvalue weighted by Crippen LogP contribution is -2.22. The number of hydrogen-bond donors (Lipinski definition) is 2. The topological polar surface area (TPSA) is 58.6 Å². The molecule has 17 heavy (non-hydrogen) atoms. The van der Waals surface area contributed by atoms with Gasteiger partial charge >= 0.3 is 5.97 Å². The predicted molar refractivity (Wildman–Crippen MR) is 65.5 cm³/mol. The molecular formula is C13H17NO3. The highest BCUT2D eigenvalue weighted by atomic mass is 16.5. The van der Waals surface area contributed by atoms with Gasteiger partial charge in [-0.2, -0.15) is 0 Å². The van der Waals surface area contributed by atoms with Crippen LogP contribution >= 0.6 is 0 Å². The summed E-state index contributed by atoms with van der Waals surface area (Å²) >= 11 is 0. The number of nitrogens with one attached hydrogen (secondary N) is 1. The Morgan fingerprint density at radius 3 is 3.06 bits per heavy atom. The van der Waals surface area contributed by atoms with Gasteiger partial charge in [0.2, 0.25) is 0 Å². The summed E-state index contributed by atoms with van der Waals surface area (Å²) in [5.41, 5.74) is 2.21. The molecule has 2 N–H and O–H groups in total. The second kappa shape index (κ2) is 4.65. The van der Waals surface area contributed by atoms with Crippen molar-refractivity contribution in [1.82, 2.24) is 0 Å². The summed E-state index contributed by atoms with van der Waals surface area (Å²) in [6.45, 7) is 1.74. The van der Waals surface area contributed by atoms with E-state index in [1.54, 1.807) is 14.0 Å². The molecule has 2 atom stereocenters. The molecule has 1 aliphatic rings. The summed E-state index contributed by atoms with van der Waals surface area (Å²) in [6, 6.07) is 6.06. The molecule has 0 spiro atoms. The molecule has 0 fully saturated rings. The molecule has 1 aromatic rings. The molecule has 2 unspecified atom stereocenters. The highest BCUT2D eigenvalue weighted by Gasteiger charge is 2.26. The summed E-state index contributed by atoms with van der Waals surface area (Å²) in [5, 5.41) is 12.3. The first-order valence-corrected chi connectivity index (χ1v) is 5.77. The standard InChI is InChI=1S/C13H17NO3/c1-8(13(15)16)6-9-7-10-11(14-9)4-3-5-12(10)17-2/h3-5,8-9,14H,6-7H2,1-2H3,(H,15,16). The SMILES string of the molecule is COc1cccc2c1CC(CC(C)C(=O)O)N2. The third kappa shape index (κ3) is 2.35. The van der Waals surface area contributed by atoms with Crippen LogP contribution in [0.5, 0.6) is 5.75 Å². The van der Waals surface area contributed by atoms with Crippen LogP contribution in [0.3, 0.4) is 0 Å². The van der Waals surface area contributed by atoms with Crippen molar-refractivity contribution in [2.75, 3.05) is 12.4 Å². The van der Waals surface area contributed by atoms with Crippen molar-refractivity contribution in [3.05, 3.63) is 23.8 Å². The van der Waals surface area contributed by atoms with Crippen LogP contribution in [-0.2, 0) is 11.2 Å². The van der Waals surface area contributed by atoms with E-state index in [-0.39, 0.29) is 12.0 Å². The number of aliphatic carboxylic acids is 1. The minimum absolute atomic E-state index is 0.187. The largest absolute Gasteiger partial charge is 0.496 e. The summed E-state index contributed by atoms with van der Waals surface area (Å²) < 4.78 is 5.30. The van der Waals surface area contributed by atoms with E-state index in [4.69, 9.17) is 9.84 Å². The van der Waals surface area contributed by atoms with Crippen molar-refractivity contribution in [1.29, 1.82) is 0 Å². The number of hydrogen-bond acceptors (Lipinski definition) is 3. The van der Waals surface area contributed by atoms with Gasteiger partial charge in [0.05, 0.1) is 13.0 Å². The van der Waals surface area contributed by atoms with Gasteiger partial charge in [0, 0.05) is 17.3 Å². The highest BCUT2D eigenvalue weighted by Crippen LogP contribution is 2.35. The van der Waals surface area contributed by atoms with Crippen molar-refractivity contribution >= 4 is 11.7 Å². The first-order chi connectivity index (χ1) is 8.11. The van der Waals surface area contributed by atoms with Crippen LogP contribution in [0.25, 0.3) is 0 Å². The van der Waals surface area contributed by atoms with Gasteiger partial charge in [-0.3, -0.25) is 4.79 Å². The fourth-order valence-electron chi connectivity index (χ4n) is 2.29. The number of rotatable bonds is 4. The molecule has 4 nitrogen and oxygen atoms in total. The molecule has 1 aliphatic heterocycles. The Bertz CT molecular complexity index is 431. The van der Waals surface area contributed by atoms with Crippen molar-refractivity contribution in [2.45, 2.75) is 25.8 Å². The van der Waals surface area contributed by atoms with E-state index in [0.717, 1.165) is 23.4 Å². The minimum Gasteiger partial charge on any atom is -0.496 e. The van der Waals surface area contributed by atoms with Crippen LogP contribution in [-0.4, -0.2) is 24.2 Å². The zero-order valence-electron chi connectivity index (χ0n) is 10.1. The van der Waals surface area contributed by atoms with Gasteiger partial charge in [0.15, 0.2) is 0 Å². The highest BCUT2D eigenvalue weighted by molar-refractivity contribution is 5.70. The number of benzene rings is 1. The van der Waals surface area contributed by atoms with Crippen LogP contribution in [0.4, 0.5) is 5.69 Å². The lowest BCUT2D eigenvalue weighted by Gasteiger charge is -2.13. The second-order valence-electron chi connectivity index (χ2n) is 4.51. The molecule has 2 rings (SSSR count). The fourth-order valence-corrected chi connectivity index (χ4v) is 2.29. The van der Waals surface area contributed by atoms with Gasteiger partial charge in [-0.25, -0.2) is 0 Å². The maximum atomic E-state index is 10.8. The average Bonchev–Trinajstić information content (AvgIpc) is 2.70. The molecule has 92 valence electrons. The van der Waals surface area contributed by atoms with Gasteiger partial charge < -0.3 is 15.2 Å². The molecule has 0 saturated heterocycles. The molecule has 0 saturated carbocycles. The van der Waals surface area contributed by atoms with Crippen molar-refractivity contribution in [2.24, 2.45) is 5.92 Å². The maximum absolute atomic E-state index is 10.8. The van der Waals surface area contributed by atoms with Gasteiger partial charge in [0.25, 0.3) is 0 Å². The third-order valence-electron chi connectivity index (χ3n) is 3.22. The monoisotopic (exact) mass is 235 g/mol. The van der Waals surface area contributed by atoms with Gasteiger partial charge in [-0.05, 0) is 25.0 Å². The quantitative estimate of drug-likeness (QED) is 0.839. The number of carboxylic acid groups (broad SMARTS) is 1. The van der Waals surface area contributed by atoms with Crippen LogP contribution in [0, 0.1) is 5.92 Å². The number of carboxylic acids is 1. The summed E-state index contributed by atoms with van der Waals surface area (Å²) in [4.78, 5) is 10.8. The van der Waals surface area contributed by atoms with Crippen molar-refractivity contribution in [3.63, 3.8) is 0 Å². The molecule has 0 radical (unpaired) electrons. The van der Waals surface area contributed by atoms with Crippen LogP contribution < -0.4 is 10.1 Å². The molecular weight excluding hydrogens is 218 g/mol. The Kier molecular flexibility index (Phi) is 3.22. The van der Waals surface area contributed by atoms with Gasteiger partial charge in [0.1, 0.15) is 5.75 Å². The Morgan fingerprint density at radius 2 is 2.41 bits per heavy atom. The molecule has 0 aromatic heterocycles. The molecule has 4 heteroatoms. The number of ether oxygens (including phenoxy) is 1. The zero-order chi connectivity index (χ0) is 12.4.